The van der Waals surface area contributed by atoms with Crippen molar-refractivity contribution in [2.45, 2.75) is 33.1 Å². The molecule has 27 heavy (non-hydrogen) atoms. The molecule has 1 aliphatic heterocycles. The highest BCUT2D eigenvalue weighted by Gasteiger charge is 2.30. The molecule has 3 rings (SSSR count). The van der Waals surface area contributed by atoms with E-state index >= 15 is 0 Å². The molecule has 0 N–H and O–H groups in total. The van der Waals surface area contributed by atoms with Crippen molar-refractivity contribution in [3.05, 3.63) is 58.4 Å². The van der Waals surface area contributed by atoms with Crippen molar-refractivity contribution in [3.8, 4) is 0 Å². The van der Waals surface area contributed by atoms with Crippen molar-refractivity contribution >= 4 is 11.7 Å². The quantitative estimate of drug-likeness (QED) is 0.771. The van der Waals surface area contributed by atoms with E-state index in [0.717, 1.165) is 18.2 Å². The van der Waals surface area contributed by atoms with Crippen molar-refractivity contribution in [1.82, 2.24) is 15.1 Å². The van der Waals surface area contributed by atoms with Crippen LogP contribution in [0.15, 0.2) is 24.3 Å². The van der Waals surface area contributed by atoms with Crippen LogP contribution in [0.4, 0.5) is 8.78 Å². The Bertz CT molecular complexity index is 878. The molecule has 2 heterocycles. The number of benzene rings is 1. The fraction of sp³-hybridized carbons (Fsp3) is 0.400. The van der Waals surface area contributed by atoms with Gasteiger partial charge in [-0.1, -0.05) is 6.92 Å². The molecule has 1 amide bonds. The van der Waals surface area contributed by atoms with Crippen LogP contribution in [0.25, 0.3) is 0 Å². The average molecular weight is 373 g/mol. The van der Waals surface area contributed by atoms with Crippen LogP contribution in [0.5, 0.6) is 0 Å². The second-order valence-corrected chi connectivity index (χ2v) is 6.75. The van der Waals surface area contributed by atoms with Crippen molar-refractivity contribution in [1.29, 1.82) is 0 Å². The van der Waals surface area contributed by atoms with Crippen LogP contribution in [0.3, 0.4) is 0 Å². The molecule has 5 nitrogen and oxygen atoms in total. The van der Waals surface area contributed by atoms with Gasteiger partial charge < -0.3 is 4.90 Å². The number of carbonyl (C=O) groups excluding carboxylic acids is 2. The predicted molar refractivity (Wildman–Crippen MR) is 95.5 cm³/mol. The number of hydrogen-bond donors (Lipinski definition) is 0. The first-order valence-corrected chi connectivity index (χ1v) is 9.02. The van der Waals surface area contributed by atoms with Crippen LogP contribution in [-0.2, 0) is 6.42 Å². The first-order chi connectivity index (χ1) is 12.9. The number of Topliss-reactive ketones (excluding diaryl/α,β-unsaturated/α-hetero) is 1. The van der Waals surface area contributed by atoms with Crippen LogP contribution in [-0.4, -0.2) is 39.9 Å². The van der Waals surface area contributed by atoms with E-state index in [1.807, 2.05) is 6.92 Å². The highest BCUT2D eigenvalue weighted by Crippen LogP contribution is 2.25. The monoisotopic (exact) mass is 373 g/mol. The van der Waals surface area contributed by atoms with Gasteiger partial charge >= 0.3 is 0 Å². The summed E-state index contributed by atoms with van der Waals surface area (Å²) in [7, 11) is 0. The molecule has 0 unspecified atom stereocenters. The van der Waals surface area contributed by atoms with Crippen LogP contribution in [0, 0.1) is 24.5 Å². The zero-order valence-corrected chi connectivity index (χ0v) is 15.3. The summed E-state index contributed by atoms with van der Waals surface area (Å²) in [6, 6.07) is 4.62. The van der Waals surface area contributed by atoms with E-state index < -0.39 is 23.3 Å². The summed E-state index contributed by atoms with van der Waals surface area (Å²) in [5.41, 5.74) is 1.63. The molecule has 0 bridgehead atoms. The molecule has 0 spiro atoms. The third-order valence-corrected chi connectivity index (χ3v) is 4.90. The van der Waals surface area contributed by atoms with E-state index in [9.17, 15) is 18.4 Å². The largest absolute Gasteiger partial charge is 0.339 e. The number of hydrogen-bond acceptors (Lipinski definition) is 4. The summed E-state index contributed by atoms with van der Waals surface area (Å²) >= 11 is 0. The molecule has 1 aromatic carbocycles. The molecule has 1 fully saturated rings. The lowest BCUT2D eigenvalue weighted by atomic mass is 9.88. The number of carbonyl (C=O) groups is 2. The first kappa shape index (κ1) is 19.1. The van der Waals surface area contributed by atoms with Gasteiger partial charge in [-0.3, -0.25) is 9.59 Å². The minimum absolute atomic E-state index is 0.132. The van der Waals surface area contributed by atoms with Gasteiger partial charge in [-0.15, -0.1) is 0 Å². The van der Waals surface area contributed by atoms with E-state index in [-0.39, 0.29) is 11.5 Å². The molecule has 0 atom stereocenters. The molecular formula is C20H21F2N3O2. The third kappa shape index (κ3) is 4.02. The van der Waals surface area contributed by atoms with Gasteiger partial charge in [-0.2, -0.15) is 10.2 Å². The maximum Gasteiger partial charge on any atom is 0.255 e. The number of rotatable bonds is 4. The van der Waals surface area contributed by atoms with Gasteiger partial charge in [0.05, 0.1) is 22.5 Å². The first-order valence-electron chi connectivity index (χ1n) is 9.02. The standard InChI is InChI=1S/C20H21F2N3O2/c1-3-18-16(10-12(2)23-24-18)20(27)25-8-6-13(7-9-25)19(26)15-11-14(21)4-5-17(15)22/h4-5,10-11,13H,3,6-9H2,1-2H3. The van der Waals surface area contributed by atoms with Gasteiger partial charge in [0, 0.05) is 19.0 Å². The summed E-state index contributed by atoms with van der Waals surface area (Å²) in [6.45, 7) is 4.46. The fourth-order valence-electron chi connectivity index (χ4n) is 3.38. The number of aryl methyl sites for hydroxylation is 2. The Balaban J connectivity index is 1.70. The number of amides is 1. The molecule has 1 aliphatic rings. The van der Waals surface area contributed by atoms with Gasteiger partial charge in [0.25, 0.3) is 5.91 Å². The summed E-state index contributed by atoms with van der Waals surface area (Å²) in [4.78, 5) is 27.1. The number of nitrogens with zero attached hydrogens (tertiary/aromatic N) is 3. The Morgan fingerprint density at radius 2 is 1.81 bits per heavy atom. The molecule has 142 valence electrons. The van der Waals surface area contributed by atoms with Crippen LogP contribution in [0.2, 0.25) is 0 Å². The van der Waals surface area contributed by atoms with Crippen LogP contribution >= 0.6 is 0 Å². The number of ketones is 1. The zero-order chi connectivity index (χ0) is 19.6. The van der Waals surface area contributed by atoms with Crippen molar-refractivity contribution in [2.75, 3.05) is 13.1 Å². The highest BCUT2D eigenvalue weighted by molar-refractivity contribution is 5.99. The van der Waals surface area contributed by atoms with Gasteiger partial charge in [0.15, 0.2) is 5.78 Å². The van der Waals surface area contributed by atoms with Crippen LogP contribution < -0.4 is 0 Å². The highest BCUT2D eigenvalue weighted by atomic mass is 19.1. The van der Waals surface area contributed by atoms with Gasteiger partial charge in [0.1, 0.15) is 11.6 Å². The molecule has 7 heteroatoms. The average Bonchev–Trinajstić information content (AvgIpc) is 2.69. The third-order valence-electron chi connectivity index (χ3n) is 4.90. The van der Waals surface area contributed by atoms with Crippen molar-refractivity contribution in [3.63, 3.8) is 0 Å². The fourth-order valence-corrected chi connectivity index (χ4v) is 3.38. The lowest BCUT2D eigenvalue weighted by molar-refractivity contribution is 0.0647. The van der Waals surface area contributed by atoms with E-state index in [4.69, 9.17) is 0 Å². The second kappa shape index (κ2) is 7.90. The van der Waals surface area contributed by atoms with Crippen molar-refractivity contribution < 1.29 is 18.4 Å². The number of aromatic nitrogens is 2. The Morgan fingerprint density at radius 3 is 2.48 bits per heavy atom. The minimum atomic E-state index is -0.717. The number of piperidine rings is 1. The summed E-state index contributed by atoms with van der Waals surface area (Å²) in [6.07, 6.45) is 1.43. The lowest BCUT2D eigenvalue weighted by Gasteiger charge is -2.31. The Hall–Kier alpha value is -2.70. The van der Waals surface area contributed by atoms with Crippen LogP contribution in [0.1, 0.15) is 51.9 Å². The number of halogens is 2. The summed E-state index contributed by atoms with van der Waals surface area (Å²) < 4.78 is 27.2. The molecule has 0 radical (unpaired) electrons. The maximum atomic E-state index is 13.9. The number of likely N-dealkylation sites (tertiary alicyclic amines) is 1. The molecule has 1 aromatic heterocycles. The predicted octanol–water partition coefficient (Wildman–Crippen LogP) is 3.36. The molecule has 1 saturated heterocycles. The minimum Gasteiger partial charge on any atom is -0.339 e. The zero-order valence-electron chi connectivity index (χ0n) is 15.3. The van der Waals surface area contributed by atoms with Gasteiger partial charge in [-0.25, -0.2) is 8.78 Å². The van der Waals surface area contributed by atoms with Gasteiger partial charge in [-0.05, 0) is 50.5 Å². The molecular weight excluding hydrogens is 352 g/mol. The maximum absolute atomic E-state index is 13.9. The molecule has 0 aliphatic carbocycles. The molecule has 2 aromatic rings. The van der Waals surface area contributed by atoms with E-state index in [2.05, 4.69) is 10.2 Å². The molecule has 0 saturated carbocycles. The second-order valence-electron chi connectivity index (χ2n) is 6.75. The Labute approximate surface area is 156 Å². The Kier molecular flexibility index (Phi) is 5.58. The van der Waals surface area contributed by atoms with E-state index in [0.29, 0.717) is 49.3 Å². The lowest BCUT2D eigenvalue weighted by Crippen LogP contribution is -2.41. The van der Waals surface area contributed by atoms with Crippen molar-refractivity contribution in [2.24, 2.45) is 5.92 Å². The SMILES string of the molecule is CCc1nnc(C)cc1C(=O)N1CCC(C(=O)c2cc(F)ccc2F)CC1. The van der Waals surface area contributed by atoms with E-state index in [1.165, 1.54) is 0 Å². The smallest absolute Gasteiger partial charge is 0.255 e. The normalized spacial score (nSPS) is 15.0. The van der Waals surface area contributed by atoms with Gasteiger partial charge in [0.2, 0.25) is 0 Å². The van der Waals surface area contributed by atoms with E-state index in [1.54, 1.807) is 17.9 Å². The summed E-state index contributed by atoms with van der Waals surface area (Å²) in [5.74, 6) is -2.32. The topological polar surface area (TPSA) is 63.2 Å². The summed E-state index contributed by atoms with van der Waals surface area (Å²) in [5, 5.41) is 8.08. The Morgan fingerprint density at radius 1 is 1.11 bits per heavy atom.